The van der Waals surface area contributed by atoms with Crippen LogP contribution in [0.5, 0.6) is 0 Å². The van der Waals surface area contributed by atoms with Crippen LogP contribution in [0.25, 0.3) is 5.69 Å². The highest BCUT2D eigenvalue weighted by atomic mass is 16.3. The number of aliphatic hydroxyl groups is 1. The molecular weight excluding hydrogens is 280 g/mol. The van der Waals surface area contributed by atoms with Crippen molar-refractivity contribution in [1.29, 1.82) is 0 Å². The number of rotatable bonds is 6. The maximum Gasteiger partial charge on any atom is 0.274 e. The van der Waals surface area contributed by atoms with E-state index in [0.717, 1.165) is 18.5 Å². The third-order valence-corrected chi connectivity index (χ3v) is 3.61. The van der Waals surface area contributed by atoms with Crippen LogP contribution in [-0.4, -0.2) is 32.0 Å². The first-order valence-corrected chi connectivity index (χ1v) is 7.56. The van der Waals surface area contributed by atoms with Gasteiger partial charge in [-0.1, -0.05) is 26.0 Å². The fourth-order valence-corrected chi connectivity index (χ4v) is 1.99. The number of benzene rings is 1. The van der Waals surface area contributed by atoms with Gasteiger partial charge in [-0.2, -0.15) is 4.80 Å². The molecule has 1 atom stereocenters. The van der Waals surface area contributed by atoms with E-state index in [1.165, 1.54) is 10.4 Å². The molecule has 1 aromatic heterocycles. The van der Waals surface area contributed by atoms with E-state index in [-0.39, 0.29) is 29.9 Å². The molecule has 0 radical (unpaired) electrons. The van der Waals surface area contributed by atoms with Crippen LogP contribution in [0, 0.1) is 0 Å². The lowest BCUT2D eigenvalue weighted by atomic mass is 10.2. The minimum absolute atomic E-state index is 0.0491. The number of aromatic nitrogens is 3. The van der Waals surface area contributed by atoms with Crippen molar-refractivity contribution in [2.45, 2.75) is 46.3 Å². The molecule has 6 heteroatoms. The minimum atomic E-state index is -0.323. The van der Waals surface area contributed by atoms with Crippen LogP contribution in [-0.2, 0) is 13.0 Å². The van der Waals surface area contributed by atoms with Gasteiger partial charge in [0.05, 0.1) is 12.3 Å². The van der Waals surface area contributed by atoms with E-state index >= 15 is 0 Å². The summed E-state index contributed by atoms with van der Waals surface area (Å²) in [5.41, 5.74) is 2.42. The van der Waals surface area contributed by atoms with Crippen LogP contribution >= 0.6 is 0 Å². The molecule has 0 fully saturated rings. The predicted molar refractivity (Wildman–Crippen MR) is 83.9 cm³/mol. The number of nitrogens with one attached hydrogen (secondary N) is 1. The van der Waals surface area contributed by atoms with Crippen molar-refractivity contribution in [3.05, 3.63) is 41.2 Å². The van der Waals surface area contributed by atoms with Crippen molar-refractivity contribution in [3.63, 3.8) is 0 Å². The van der Waals surface area contributed by atoms with Crippen molar-refractivity contribution >= 4 is 5.91 Å². The van der Waals surface area contributed by atoms with Crippen molar-refractivity contribution in [1.82, 2.24) is 20.3 Å². The van der Waals surface area contributed by atoms with E-state index in [0.29, 0.717) is 0 Å². The van der Waals surface area contributed by atoms with E-state index in [9.17, 15) is 9.90 Å². The zero-order valence-corrected chi connectivity index (χ0v) is 13.2. The van der Waals surface area contributed by atoms with Crippen molar-refractivity contribution in [2.75, 3.05) is 0 Å². The Kier molecular flexibility index (Phi) is 5.27. The molecule has 0 aliphatic carbocycles. The summed E-state index contributed by atoms with van der Waals surface area (Å²) in [6.07, 6.45) is 1.78. The van der Waals surface area contributed by atoms with Crippen LogP contribution in [0.2, 0.25) is 0 Å². The second kappa shape index (κ2) is 7.17. The van der Waals surface area contributed by atoms with Crippen molar-refractivity contribution in [3.8, 4) is 5.69 Å². The van der Waals surface area contributed by atoms with Crippen LogP contribution in [0.1, 0.15) is 48.9 Å². The summed E-state index contributed by atoms with van der Waals surface area (Å²) in [6.45, 7) is 5.67. The number of hydrogen-bond donors (Lipinski definition) is 2. The number of nitrogens with zero attached hydrogens (tertiary/aromatic N) is 3. The molecule has 22 heavy (non-hydrogen) atoms. The molecule has 0 bridgehead atoms. The Morgan fingerprint density at radius 1 is 1.27 bits per heavy atom. The maximum atomic E-state index is 12.2. The van der Waals surface area contributed by atoms with Gasteiger partial charge in [0.25, 0.3) is 5.91 Å². The number of carbonyl (C=O) groups excluding carboxylic acids is 1. The Bertz CT molecular complexity index is 634. The fraction of sp³-hybridized carbons (Fsp3) is 0.438. The number of amides is 1. The lowest BCUT2D eigenvalue weighted by molar-refractivity contribution is 0.0930. The molecule has 0 aliphatic rings. The van der Waals surface area contributed by atoms with Gasteiger partial charge in [0.15, 0.2) is 5.69 Å². The van der Waals surface area contributed by atoms with Gasteiger partial charge in [0, 0.05) is 6.04 Å². The third-order valence-electron chi connectivity index (χ3n) is 3.61. The molecule has 0 saturated carbocycles. The summed E-state index contributed by atoms with van der Waals surface area (Å²) >= 11 is 0. The Balaban J connectivity index is 2.29. The second-order valence-electron chi connectivity index (χ2n) is 5.25. The SMILES string of the molecule is CCc1ccc(-n2nc(CO)c(C(=O)NC(C)CC)n2)cc1. The molecule has 1 heterocycles. The summed E-state index contributed by atoms with van der Waals surface area (Å²) in [5, 5.41) is 20.7. The summed E-state index contributed by atoms with van der Waals surface area (Å²) in [4.78, 5) is 13.6. The van der Waals surface area contributed by atoms with Gasteiger partial charge in [0.1, 0.15) is 5.69 Å². The van der Waals surface area contributed by atoms with Gasteiger partial charge < -0.3 is 10.4 Å². The summed E-state index contributed by atoms with van der Waals surface area (Å²) in [5.74, 6) is -0.310. The Hall–Kier alpha value is -2.21. The molecule has 0 spiro atoms. The van der Waals surface area contributed by atoms with E-state index in [4.69, 9.17) is 0 Å². The van der Waals surface area contributed by atoms with Gasteiger partial charge in [-0.15, -0.1) is 10.2 Å². The standard InChI is InChI=1S/C16H22N4O2/c1-4-11(3)17-16(22)15-14(10-21)18-20(19-15)13-8-6-12(5-2)7-9-13/h6-9,11,21H,4-5,10H2,1-3H3,(H,17,22). The molecule has 1 unspecified atom stereocenters. The average Bonchev–Trinajstić information content (AvgIpc) is 2.99. The summed E-state index contributed by atoms with van der Waals surface area (Å²) in [6, 6.07) is 7.84. The Morgan fingerprint density at radius 3 is 2.50 bits per heavy atom. The smallest absolute Gasteiger partial charge is 0.274 e. The maximum absolute atomic E-state index is 12.2. The zero-order valence-electron chi connectivity index (χ0n) is 13.2. The van der Waals surface area contributed by atoms with Crippen LogP contribution < -0.4 is 5.32 Å². The van der Waals surface area contributed by atoms with E-state index < -0.39 is 0 Å². The monoisotopic (exact) mass is 302 g/mol. The molecule has 2 rings (SSSR count). The lowest BCUT2D eigenvalue weighted by Gasteiger charge is -2.09. The molecule has 1 aromatic carbocycles. The van der Waals surface area contributed by atoms with Gasteiger partial charge in [-0.25, -0.2) is 0 Å². The molecular formula is C16H22N4O2. The number of carbonyl (C=O) groups is 1. The highest BCUT2D eigenvalue weighted by molar-refractivity contribution is 5.93. The normalized spacial score (nSPS) is 12.2. The first kappa shape index (κ1) is 16.2. The van der Waals surface area contributed by atoms with Gasteiger partial charge in [-0.3, -0.25) is 4.79 Å². The fourth-order valence-electron chi connectivity index (χ4n) is 1.99. The Labute approximate surface area is 130 Å². The predicted octanol–water partition coefficient (Wildman–Crippen LogP) is 1.85. The number of aryl methyl sites for hydroxylation is 1. The lowest BCUT2D eigenvalue weighted by Crippen LogP contribution is -2.32. The first-order valence-electron chi connectivity index (χ1n) is 7.56. The molecule has 2 aromatic rings. The quantitative estimate of drug-likeness (QED) is 0.853. The highest BCUT2D eigenvalue weighted by Crippen LogP contribution is 2.11. The molecule has 118 valence electrons. The van der Waals surface area contributed by atoms with E-state index in [1.54, 1.807) is 0 Å². The van der Waals surface area contributed by atoms with Gasteiger partial charge in [0.2, 0.25) is 0 Å². The molecule has 0 saturated heterocycles. The molecule has 0 aliphatic heterocycles. The zero-order chi connectivity index (χ0) is 16.1. The largest absolute Gasteiger partial charge is 0.390 e. The number of hydrogen-bond acceptors (Lipinski definition) is 4. The molecule has 6 nitrogen and oxygen atoms in total. The highest BCUT2D eigenvalue weighted by Gasteiger charge is 2.19. The first-order chi connectivity index (χ1) is 10.6. The van der Waals surface area contributed by atoms with Crippen molar-refractivity contribution < 1.29 is 9.90 Å². The van der Waals surface area contributed by atoms with Gasteiger partial charge >= 0.3 is 0 Å². The van der Waals surface area contributed by atoms with Crippen LogP contribution in [0.4, 0.5) is 0 Å². The number of aliphatic hydroxyl groups excluding tert-OH is 1. The van der Waals surface area contributed by atoms with Crippen molar-refractivity contribution in [2.24, 2.45) is 0 Å². The minimum Gasteiger partial charge on any atom is -0.390 e. The topological polar surface area (TPSA) is 80.0 Å². The second-order valence-corrected chi connectivity index (χ2v) is 5.25. The van der Waals surface area contributed by atoms with Crippen LogP contribution in [0.15, 0.2) is 24.3 Å². The Morgan fingerprint density at radius 2 is 1.95 bits per heavy atom. The third kappa shape index (κ3) is 3.51. The van der Waals surface area contributed by atoms with Crippen LogP contribution in [0.3, 0.4) is 0 Å². The average molecular weight is 302 g/mol. The summed E-state index contributed by atoms with van der Waals surface area (Å²) < 4.78 is 0. The molecule has 1 amide bonds. The van der Waals surface area contributed by atoms with Gasteiger partial charge in [-0.05, 0) is 37.5 Å². The summed E-state index contributed by atoms with van der Waals surface area (Å²) in [7, 11) is 0. The molecule has 2 N–H and O–H groups in total. The van der Waals surface area contributed by atoms with E-state index in [2.05, 4.69) is 22.4 Å². The van der Waals surface area contributed by atoms with E-state index in [1.807, 2.05) is 38.1 Å².